The summed E-state index contributed by atoms with van der Waals surface area (Å²) < 4.78 is 5.44. The monoisotopic (exact) mass is 451 g/mol. The van der Waals surface area contributed by atoms with Crippen molar-refractivity contribution in [1.82, 2.24) is 4.90 Å². The Labute approximate surface area is 193 Å². The Bertz CT molecular complexity index is 1060. The summed E-state index contributed by atoms with van der Waals surface area (Å²) in [5.74, 6) is 0.869. The number of nitrogens with one attached hydrogen (secondary N) is 1. The number of carbonyl (C=O) groups excluding carboxylic acids is 2. The zero-order valence-corrected chi connectivity index (χ0v) is 19.6. The summed E-state index contributed by atoms with van der Waals surface area (Å²) in [5, 5.41) is 4.63. The van der Waals surface area contributed by atoms with E-state index < -0.39 is 0 Å². The molecule has 0 aromatic heterocycles. The van der Waals surface area contributed by atoms with Crippen molar-refractivity contribution >= 4 is 35.0 Å². The minimum Gasteiger partial charge on any atom is -0.487 e. The van der Waals surface area contributed by atoms with Gasteiger partial charge in [-0.15, -0.1) is 11.8 Å². The van der Waals surface area contributed by atoms with E-state index in [4.69, 9.17) is 4.74 Å². The van der Waals surface area contributed by atoms with Crippen molar-refractivity contribution in [2.24, 2.45) is 0 Å². The van der Waals surface area contributed by atoms with Crippen molar-refractivity contribution in [2.75, 3.05) is 48.8 Å². The van der Waals surface area contributed by atoms with E-state index in [1.807, 2.05) is 24.0 Å². The van der Waals surface area contributed by atoms with Crippen molar-refractivity contribution in [2.45, 2.75) is 20.8 Å². The zero-order chi connectivity index (χ0) is 22.7. The van der Waals surface area contributed by atoms with Crippen LogP contribution in [-0.2, 0) is 9.53 Å². The lowest BCUT2D eigenvalue weighted by molar-refractivity contribution is -0.116. The van der Waals surface area contributed by atoms with Crippen LogP contribution in [-0.4, -0.2) is 55.3 Å². The van der Waals surface area contributed by atoms with E-state index in [2.05, 4.69) is 42.3 Å². The molecule has 0 unspecified atom stereocenters. The maximum atomic E-state index is 13.2. The van der Waals surface area contributed by atoms with Crippen LogP contribution < -0.4 is 10.2 Å². The van der Waals surface area contributed by atoms with Gasteiger partial charge in [0.2, 0.25) is 0 Å². The molecular formula is C25H29N3O3S. The molecule has 2 aromatic rings. The molecule has 168 valence electrons. The van der Waals surface area contributed by atoms with Gasteiger partial charge in [-0.1, -0.05) is 18.2 Å². The number of ether oxygens (including phenoxy) is 1. The number of nitrogens with zero attached hydrogens (tertiary/aromatic N) is 2. The Hall–Kier alpha value is -2.93. The number of piperazine rings is 1. The Morgan fingerprint density at radius 2 is 1.72 bits per heavy atom. The molecule has 2 aromatic carbocycles. The SMILES string of the molecule is Cc1ccc(C)c(N2CCN(C(=O)c3ccc(C)c(NC(=O)C4=CSCCO4)c3)CC2)c1. The van der Waals surface area contributed by atoms with Crippen LogP contribution in [0.3, 0.4) is 0 Å². The number of amides is 2. The third kappa shape index (κ3) is 4.93. The molecule has 32 heavy (non-hydrogen) atoms. The summed E-state index contributed by atoms with van der Waals surface area (Å²) in [4.78, 5) is 29.9. The Morgan fingerprint density at radius 1 is 0.969 bits per heavy atom. The smallest absolute Gasteiger partial charge is 0.291 e. The first kappa shape index (κ1) is 22.3. The standard InChI is InChI=1S/C25H29N3O3S/c1-17-4-5-19(3)22(14-17)27-8-10-28(11-9-27)25(30)20-7-6-18(2)21(15-20)26-24(29)23-16-32-13-12-31-23/h4-7,14-16H,8-13H2,1-3H3,(H,26,29). The van der Waals surface area contributed by atoms with Crippen LogP contribution in [0.2, 0.25) is 0 Å². The van der Waals surface area contributed by atoms with Gasteiger partial charge in [-0.25, -0.2) is 0 Å². The van der Waals surface area contributed by atoms with Crippen molar-refractivity contribution < 1.29 is 14.3 Å². The normalized spacial score (nSPS) is 16.3. The minimum absolute atomic E-state index is 0.00944. The fourth-order valence-electron chi connectivity index (χ4n) is 3.95. The van der Waals surface area contributed by atoms with Gasteiger partial charge >= 0.3 is 0 Å². The summed E-state index contributed by atoms with van der Waals surface area (Å²) in [6.07, 6.45) is 0. The van der Waals surface area contributed by atoms with Crippen molar-refractivity contribution in [3.8, 4) is 0 Å². The minimum atomic E-state index is -0.285. The first-order valence-electron chi connectivity index (χ1n) is 10.9. The molecule has 4 rings (SSSR count). The van der Waals surface area contributed by atoms with Crippen LogP contribution >= 0.6 is 11.8 Å². The molecule has 0 atom stereocenters. The second-order valence-corrected chi connectivity index (χ2v) is 9.23. The van der Waals surface area contributed by atoms with Crippen LogP contribution in [0.4, 0.5) is 11.4 Å². The van der Waals surface area contributed by atoms with Crippen LogP contribution in [0.25, 0.3) is 0 Å². The zero-order valence-electron chi connectivity index (χ0n) is 18.8. The fourth-order valence-corrected chi connectivity index (χ4v) is 4.58. The fraction of sp³-hybridized carbons (Fsp3) is 0.360. The first-order valence-corrected chi connectivity index (χ1v) is 12.0. The predicted octanol–water partition coefficient (Wildman–Crippen LogP) is 4.12. The van der Waals surface area contributed by atoms with Crippen molar-refractivity contribution in [3.63, 3.8) is 0 Å². The average molecular weight is 452 g/mol. The molecular weight excluding hydrogens is 422 g/mol. The van der Waals surface area contributed by atoms with Gasteiger partial charge in [-0.2, -0.15) is 0 Å². The second kappa shape index (κ2) is 9.69. The highest BCUT2D eigenvalue weighted by molar-refractivity contribution is 8.02. The lowest BCUT2D eigenvalue weighted by Crippen LogP contribution is -2.49. The Balaban J connectivity index is 1.42. The highest BCUT2D eigenvalue weighted by Gasteiger charge is 2.24. The number of hydrogen-bond acceptors (Lipinski definition) is 5. The molecule has 2 aliphatic rings. The van der Waals surface area contributed by atoms with E-state index in [1.165, 1.54) is 16.8 Å². The predicted molar refractivity (Wildman–Crippen MR) is 130 cm³/mol. The molecule has 1 saturated heterocycles. The van der Waals surface area contributed by atoms with Crippen LogP contribution in [0, 0.1) is 20.8 Å². The van der Waals surface area contributed by atoms with Gasteiger partial charge in [0.1, 0.15) is 0 Å². The summed E-state index contributed by atoms with van der Waals surface area (Å²) in [6.45, 7) is 9.60. The highest BCUT2D eigenvalue weighted by atomic mass is 32.2. The number of aryl methyl sites for hydroxylation is 3. The van der Waals surface area contributed by atoms with Gasteiger partial charge in [0.15, 0.2) is 5.76 Å². The van der Waals surface area contributed by atoms with Crippen LogP contribution in [0.5, 0.6) is 0 Å². The largest absolute Gasteiger partial charge is 0.487 e. The molecule has 1 N–H and O–H groups in total. The number of carbonyl (C=O) groups is 2. The Kier molecular flexibility index (Phi) is 6.74. The van der Waals surface area contributed by atoms with E-state index in [1.54, 1.807) is 23.2 Å². The molecule has 0 aliphatic carbocycles. The number of anilines is 2. The molecule has 7 heteroatoms. The molecule has 1 fully saturated rings. The lowest BCUT2D eigenvalue weighted by Gasteiger charge is -2.37. The first-order chi connectivity index (χ1) is 15.4. The molecule has 2 heterocycles. The second-order valence-electron chi connectivity index (χ2n) is 8.25. The van der Waals surface area contributed by atoms with E-state index in [0.29, 0.717) is 36.7 Å². The molecule has 0 radical (unpaired) electrons. The lowest BCUT2D eigenvalue weighted by atomic mass is 10.1. The van der Waals surface area contributed by atoms with E-state index in [-0.39, 0.29) is 11.8 Å². The van der Waals surface area contributed by atoms with Gasteiger partial charge in [-0.3, -0.25) is 9.59 Å². The maximum absolute atomic E-state index is 13.2. The van der Waals surface area contributed by atoms with E-state index >= 15 is 0 Å². The van der Waals surface area contributed by atoms with Gasteiger partial charge < -0.3 is 19.9 Å². The number of thioether (sulfide) groups is 1. The van der Waals surface area contributed by atoms with Crippen molar-refractivity contribution in [1.29, 1.82) is 0 Å². The number of hydrogen-bond donors (Lipinski definition) is 1. The quantitative estimate of drug-likeness (QED) is 0.758. The average Bonchev–Trinajstić information content (AvgIpc) is 2.82. The van der Waals surface area contributed by atoms with E-state index in [0.717, 1.165) is 24.4 Å². The van der Waals surface area contributed by atoms with Crippen LogP contribution in [0.1, 0.15) is 27.0 Å². The summed E-state index contributed by atoms with van der Waals surface area (Å²) in [6, 6.07) is 12.0. The van der Waals surface area contributed by atoms with Gasteiger partial charge in [-0.05, 0) is 55.7 Å². The van der Waals surface area contributed by atoms with Crippen LogP contribution in [0.15, 0.2) is 47.6 Å². The molecule has 0 saturated carbocycles. The van der Waals surface area contributed by atoms with Crippen molar-refractivity contribution in [3.05, 3.63) is 69.8 Å². The number of benzene rings is 2. The van der Waals surface area contributed by atoms with E-state index in [9.17, 15) is 9.59 Å². The summed E-state index contributed by atoms with van der Waals surface area (Å²) in [5.41, 5.74) is 5.86. The topological polar surface area (TPSA) is 61.9 Å². The summed E-state index contributed by atoms with van der Waals surface area (Å²) >= 11 is 1.56. The molecule has 0 bridgehead atoms. The van der Waals surface area contributed by atoms with Gasteiger partial charge in [0.25, 0.3) is 11.8 Å². The highest BCUT2D eigenvalue weighted by Crippen LogP contribution is 2.25. The third-order valence-electron chi connectivity index (χ3n) is 5.88. The van der Waals surface area contributed by atoms with Gasteiger partial charge in [0, 0.05) is 54.3 Å². The Morgan fingerprint density at radius 3 is 2.44 bits per heavy atom. The molecule has 2 aliphatic heterocycles. The molecule has 6 nitrogen and oxygen atoms in total. The number of rotatable bonds is 4. The molecule has 2 amide bonds. The molecule has 0 spiro atoms. The van der Waals surface area contributed by atoms with Gasteiger partial charge in [0.05, 0.1) is 6.61 Å². The maximum Gasteiger partial charge on any atom is 0.291 e. The third-order valence-corrected chi connectivity index (χ3v) is 6.66. The summed E-state index contributed by atoms with van der Waals surface area (Å²) in [7, 11) is 0.